The largest absolute Gasteiger partial charge is 0.478 e. The second-order valence-corrected chi connectivity index (χ2v) is 17.6. The highest BCUT2D eigenvalue weighted by Crippen LogP contribution is 2.36. The standard InChI is InChI=1S/C31H36ClN3O4Si/c1-21-7-12-24(17-25(21)30(36)37)39-31-33-28-18-26(22-8-10-23(11-9-22)34-13-5-6-14-34)27(32)19-29(28)35(31)20-38-15-16-40(2,3)4/h7-12,17-19H,5-6,13-16,20H2,1-4H3,(H,36,37). The zero-order valence-electron chi connectivity index (χ0n) is 23.5. The van der Waals surface area contributed by atoms with E-state index >= 15 is 0 Å². The summed E-state index contributed by atoms with van der Waals surface area (Å²) in [5, 5.41) is 10.2. The van der Waals surface area contributed by atoms with Gasteiger partial charge in [-0.15, -0.1) is 0 Å². The minimum atomic E-state index is -1.26. The highest BCUT2D eigenvalue weighted by atomic mass is 35.5. The molecule has 3 aromatic carbocycles. The molecule has 1 N–H and O–H groups in total. The van der Waals surface area contributed by atoms with Gasteiger partial charge >= 0.3 is 12.0 Å². The molecule has 2 heterocycles. The van der Waals surface area contributed by atoms with E-state index in [4.69, 9.17) is 26.1 Å². The maximum atomic E-state index is 11.7. The zero-order valence-corrected chi connectivity index (χ0v) is 25.3. The molecule has 1 saturated heterocycles. The van der Waals surface area contributed by atoms with Crippen LogP contribution in [-0.4, -0.2) is 48.4 Å². The molecule has 210 valence electrons. The molecule has 9 heteroatoms. The van der Waals surface area contributed by atoms with Gasteiger partial charge in [0.05, 0.1) is 21.6 Å². The van der Waals surface area contributed by atoms with Crippen molar-refractivity contribution in [1.29, 1.82) is 0 Å². The minimum absolute atomic E-state index is 0.189. The summed E-state index contributed by atoms with van der Waals surface area (Å²) in [4.78, 5) is 18.9. The van der Waals surface area contributed by atoms with E-state index in [1.165, 1.54) is 24.6 Å². The third-order valence-corrected chi connectivity index (χ3v) is 9.33. The van der Waals surface area contributed by atoms with E-state index in [0.29, 0.717) is 29.0 Å². The third kappa shape index (κ3) is 6.35. The van der Waals surface area contributed by atoms with Crippen LogP contribution in [-0.2, 0) is 11.5 Å². The van der Waals surface area contributed by atoms with Crippen LogP contribution in [0.25, 0.3) is 22.2 Å². The summed E-state index contributed by atoms with van der Waals surface area (Å²) in [6.45, 7) is 11.8. The van der Waals surface area contributed by atoms with E-state index < -0.39 is 14.0 Å². The van der Waals surface area contributed by atoms with Gasteiger partial charge in [0, 0.05) is 39.0 Å². The van der Waals surface area contributed by atoms with Crippen molar-refractivity contribution in [2.45, 2.75) is 52.2 Å². The normalized spacial score (nSPS) is 13.8. The lowest BCUT2D eigenvalue weighted by atomic mass is 10.0. The van der Waals surface area contributed by atoms with Gasteiger partial charge in [-0.3, -0.25) is 4.57 Å². The number of benzene rings is 3. The average Bonchev–Trinajstić information content (AvgIpc) is 3.55. The summed E-state index contributed by atoms with van der Waals surface area (Å²) in [6, 6.07) is 18.8. The van der Waals surface area contributed by atoms with Crippen LogP contribution in [0.5, 0.6) is 11.8 Å². The van der Waals surface area contributed by atoms with Gasteiger partial charge in [-0.2, -0.15) is 4.98 Å². The molecule has 0 aliphatic carbocycles. The number of nitrogens with zero attached hydrogens (tertiary/aromatic N) is 3. The Morgan fingerprint density at radius 3 is 2.45 bits per heavy atom. The van der Waals surface area contributed by atoms with Crippen LogP contribution in [0, 0.1) is 6.92 Å². The Morgan fingerprint density at radius 2 is 1.77 bits per heavy atom. The van der Waals surface area contributed by atoms with E-state index in [0.717, 1.165) is 41.3 Å². The molecule has 5 rings (SSSR count). The van der Waals surface area contributed by atoms with Gasteiger partial charge in [-0.05, 0) is 73.3 Å². The Bertz CT molecular complexity index is 1520. The van der Waals surface area contributed by atoms with Gasteiger partial charge in [0.25, 0.3) is 0 Å². The number of aromatic nitrogens is 2. The fraction of sp³-hybridized carbons (Fsp3) is 0.355. The van der Waals surface area contributed by atoms with Crippen LogP contribution >= 0.6 is 11.6 Å². The van der Waals surface area contributed by atoms with E-state index in [9.17, 15) is 9.90 Å². The van der Waals surface area contributed by atoms with E-state index in [1.807, 2.05) is 16.7 Å². The number of ether oxygens (including phenoxy) is 2. The first-order chi connectivity index (χ1) is 19.1. The lowest BCUT2D eigenvalue weighted by Gasteiger charge is -2.18. The number of aryl methyl sites for hydroxylation is 1. The van der Waals surface area contributed by atoms with Crippen LogP contribution in [0.3, 0.4) is 0 Å². The van der Waals surface area contributed by atoms with Crippen molar-refractivity contribution < 1.29 is 19.4 Å². The summed E-state index contributed by atoms with van der Waals surface area (Å²) in [5.74, 6) is -0.608. The zero-order chi connectivity index (χ0) is 28.4. The molecule has 1 aliphatic rings. The van der Waals surface area contributed by atoms with Gasteiger partial charge < -0.3 is 19.5 Å². The molecule has 4 aromatic rings. The molecule has 1 aliphatic heterocycles. The number of carbonyl (C=O) groups is 1. The maximum Gasteiger partial charge on any atom is 0.336 e. The third-order valence-electron chi connectivity index (χ3n) is 7.32. The van der Waals surface area contributed by atoms with Crippen LogP contribution < -0.4 is 9.64 Å². The molecule has 1 fully saturated rings. The highest BCUT2D eigenvalue weighted by Gasteiger charge is 2.19. The smallest absolute Gasteiger partial charge is 0.336 e. The molecule has 0 bridgehead atoms. The number of halogens is 1. The van der Waals surface area contributed by atoms with Gasteiger partial charge in [-0.1, -0.05) is 49.4 Å². The van der Waals surface area contributed by atoms with Crippen molar-refractivity contribution in [1.82, 2.24) is 9.55 Å². The van der Waals surface area contributed by atoms with Gasteiger partial charge in [0.15, 0.2) is 0 Å². The monoisotopic (exact) mass is 577 g/mol. The Morgan fingerprint density at radius 1 is 1.05 bits per heavy atom. The summed E-state index contributed by atoms with van der Waals surface area (Å²) in [5.41, 5.74) is 5.50. The first-order valence-electron chi connectivity index (χ1n) is 13.7. The van der Waals surface area contributed by atoms with Crippen molar-refractivity contribution in [2.24, 2.45) is 0 Å². The number of carboxylic acid groups (broad SMARTS) is 1. The molecule has 0 unspecified atom stereocenters. The lowest BCUT2D eigenvalue weighted by Crippen LogP contribution is -2.22. The fourth-order valence-corrected chi connectivity index (χ4v) is 5.93. The Kier molecular flexibility index (Phi) is 8.21. The minimum Gasteiger partial charge on any atom is -0.478 e. The molecule has 0 saturated carbocycles. The van der Waals surface area contributed by atoms with E-state index in [1.54, 1.807) is 19.1 Å². The summed E-state index contributed by atoms with van der Waals surface area (Å²) < 4.78 is 14.1. The number of aromatic carboxylic acids is 1. The number of imidazole rings is 1. The van der Waals surface area contributed by atoms with Crippen LogP contribution in [0.1, 0.15) is 28.8 Å². The summed E-state index contributed by atoms with van der Waals surface area (Å²) in [6.07, 6.45) is 2.47. The molecule has 0 radical (unpaired) electrons. The molecular weight excluding hydrogens is 542 g/mol. The molecule has 0 amide bonds. The lowest BCUT2D eigenvalue weighted by molar-refractivity contribution is 0.0695. The summed E-state index contributed by atoms with van der Waals surface area (Å²) >= 11 is 6.85. The molecule has 1 aromatic heterocycles. The fourth-order valence-electron chi connectivity index (χ4n) is 4.91. The SMILES string of the molecule is Cc1ccc(Oc2nc3cc(-c4ccc(N5CCCC5)cc4)c(Cl)cc3n2COCC[Si](C)(C)C)cc1C(=O)O. The van der Waals surface area contributed by atoms with E-state index in [2.05, 4.69) is 48.8 Å². The van der Waals surface area contributed by atoms with Crippen molar-refractivity contribution in [3.05, 3.63) is 70.7 Å². The number of anilines is 1. The Hall–Kier alpha value is -3.33. The summed E-state index contributed by atoms with van der Waals surface area (Å²) in [7, 11) is -1.26. The molecule has 0 atom stereocenters. The predicted molar refractivity (Wildman–Crippen MR) is 164 cm³/mol. The van der Waals surface area contributed by atoms with Crippen molar-refractivity contribution >= 4 is 42.4 Å². The molecule has 0 spiro atoms. The number of carboxylic acids is 1. The number of hydrogen-bond acceptors (Lipinski definition) is 5. The van der Waals surface area contributed by atoms with Gasteiger partial charge in [0.1, 0.15) is 12.5 Å². The topological polar surface area (TPSA) is 76.8 Å². The quantitative estimate of drug-likeness (QED) is 0.152. The predicted octanol–water partition coefficient (Wildman–Crippen LogP) is 8.07. The Balaban J connectivity index is 1.49. The first kappa shape index (κ1) is 28.2. The Labute approximate surface area is 241 Å². The molecule has 7 nitrogen and oxygen atoms in total. The van der Waals surface area contributed by atoms with Crippen molar-refractivity contribution in [3.8, 4) is 22.9 Å². The van der Waals surface area contributed by atoms with Crippen molar-refractivity contribution in [3.63, 3.8) is 0 Å². The molecule has 40 heavy (non-hydrogen) atoms. The number of hydrogen-bond donors (Lipinski definition) is 1. The number of fused-ring (bicyclic) bond motifs is 1. The molecular formula is C31H36ClN3O4Si. The highest BCUT2D eigenvalue weighted by molar-refractivity contribution is 6.76. The van der Waals surface area contributed by atoms with Crippen LogP contribution in [0.4, 0.5) is 5.69 Å². The van der Waals surface area contributed by atoms with Gasteiger partial charge in [0.2, 0.25) is 0 Å². The second kappa shape index (κ2) is 11.6. The maximum absolute atomic E-state index is 11.7. The van der Waals surface area contributed by atoms with Crippen LogP contribution in [0.15, 0.2) is 54.6 Å². The average molecular weight is 578 g/mol. The first-order valence-corrected chi connectivity index (χ1v) is 17.8. The van der Waals surface area contributed by atoms with Crippen molar-refractivity contribution in [2.75, 3.05) is 24.6 Å². The number of rotatable bonds is 10. The second-order valence-electron chi connectivity index (χ2n) is 11.6. The van der Waals surface area contributed by atoms with E-state index in [-0.39, 0.29) is 12.3 Å². The van der Waals surface area contributed by atoms with Gasteiger partial charge in [-0.25, -0.2) is 4.79 Å². The van der Waals surface area contributed by atoms with Crippen LogP contribution in [0.2, 0.25) is 30.7 Å².